The van der Waals surface area contributed by atoms with Gasteiger partial charge in [-0.05, 0) is 37.1 Å². The van der Waals surface area contributed by atoms with Gasteiger partial charge in [-0.3, -0.25) is 0 Å². The third kappa shape index (κ3) is 3.82. The number of pyridine rings is 1. The molecule has 0 amide bonds. The zero-order valence-corrected chi connectivity index (χ0v) is 11.7. The molecule has 3 nitrogen and oxygen atoms in total. The highest BCUT2D eigenvalue weighted by molar-refractivity contribution is 9.10. The third-order valence-corrected chi connectivity index (χ3v) is 2.87. The summed E-state index contributed by atoms with van der Waals surface area (Å²) in [6.45, 7) is 1.98. The molecule has 1 atom stereocenters. The number of nitrogens with zero attached hydrogens (tertiary/aromatic N) is 1. The Bertz CT molecular complexity index is 511. The fourth-order valence-electron chi connectivity index (χ4n) is 1.62. The number of benzene rings is 1. The van der Waals surface area contributed by atoms with Gasteiger partial charge in [-0.25, -0.2) is 4.98 Å². The first-order chi connectivity index (χ1) is 8.63. The molecule has 4 heteroatoms. The Kier molecular flexibility index (Phi) is 4.33. The average molecular weight is 307 g/mol. The molecule has 1 aromatic carbocycles. The van der Waals surface area contributed by atoms with Crippen molar-refractivity contribution >= 4 is 15.9 Å². The molecule has 0 aliphatic heterocycles. The third-order valence-electron chi connectivity index (χ3n) is 2.37. The van der Waals surface area contributed by atoms with Gasteiger partial charge in [0.05, 0.1) is 0 Å². The molecular weight excluding hydrogens is 292 g/mol. The Morgan fingerprint density at radius 3 is 2.78 bits per heavy atom. The van der Waals surface area contributed by atoms with Crippen molar-refractivity contribution in [3.05, 3.63) is 52.6 Å². The molecule has 18 heavy (non-hydrogen) atoms. The summed E-state index contributed by atoms with van der Waals surface area (Å²) in [6, 6.07) is 11.7. The summed E-state index contributed by atoms with van der Waals surface area (Å²) in [5, 5.41) is 0. The number of rotatable bonds is 4. The standard InChI is InChI=1S/C14H15BrN2O/c1-10(16)7-11-5-6-14(17-9-11)18-13-4-2-3-12(15)8-13/h2-6,8-10H,7,16H2,1H3. The van der Waals surface area contributed by atoms with Crippen LogP contribution in [0.2, 0.25) is 0 Å². The van der Waals surface area contributed by atoms with Gasteiger partial charge in [0.15, 0.2) is 0 Å². The summed E-state index contributed by atoms with van der Waals surface area (Å²) in [4.78, 5) is 4.26. The van der Waals surface area contributed by atoms with Gasteiger partial charge < -0.3 is 10.5 Å². The van der Waals surface area contributed by atoms with Crippen LogP contribution < -0.4 is 10.5 Å². The number of halogens is 1. The first-order valence-electron chi connectivity index (χ1n) is 5.77. The molecule has 2 N–H and O–H groups in total. The predicted octanol–water partition coefficient (Wildman–Crippen LogP) is 3.53. The van der Waals surface area contributed by atoms with Crippen molar-refractivity contribution in [3.8, 4) is 11.6 Å². The van der Waals surface area contributed by atoms with Crippen LogP contribution in [0, 0.1) is 0 Å². The molecule has 2 rings (SSSR count). The minimum absolute atomic E-state index is 0.142. The molecule has 0 aliphatic carbocycles. The van der Waals surface area contributed by atoms with Crippen LogP contribution in [0.1, 0.15) is 12.5 Å². The number of hydrogen-bond acceptors (Lipinski definition) is 3. The van der Waals surface area contributed by atoms with Crippen LogP contribution in [-0.2, 0) is 6.42 Å². The maximum absolute atomic E-state index is 5.74. The SMILES string of the molecule is CC(N)Cc1ccc(Oc2cccc(Br)c2)nc1. The van der Waals surface area contributed by atoms with Gasteiger partial charge in [0.25, 0.3) is 0 Å². The highest BCUT2D eigenvalue weighted by atomic mass is 79.9. The number of hydrogen-bond donors (Lipinski definition) is 1. The molecule has 1 unspecified atom stereocenters. The van der Waals surface area contributed by atoms with E-state index in [1.807, 2.05) is 43.3 Å². The second-order valence-electron chi connectivity index (χ2n) is 4.25. The van der Waals surface area contributed by atoms with Gasteiger partial charge in [0.2, 0.25) is 5.88 Å². The van der Waals surface area contributed by atoms with Crippen LogP contribution in [0.5, 0.6) is 11.6 Å². The lowest BCUT2D eigenvalue weighted by molar-refractivity contribution is 0.462. The number of aromatic nitrogens is 1. The molecule has 0 bridgehead atoms. The maximum Gasteiger partial charge on any atom is 0.219 e. The van der Waals surface area contributed by atoms with Crippen molar-refractivity contribution in [3.63, 3.8) is 0 Å². The monoisotopic (exact) mass is 306 g/mol. The van der Waals surface area contributed by atoms with Gasteiger partial charge in [-0.2, -0.15) is 0 Å². The highest BCUT2D eigenvalue weighted by Crippen LogP contribution is 2.22. The highest BCUT2D eigenvalue weighted by Gasteiger charge is 2.01. The Labute approximate surface area is 115 Å². The van der Waals surface area contributed by atoms with Gasteiger partial charge in [0, 0.05) is 22.8 Å². The van der Waals surface area contributed by atoms with E-state index in [-0.39, 0.29) is 6.04 Å². The first-order valence-corrected chi connectivity index (χ1v) is 6.57. The van der Waals surface area contributed by atoms with Crippen molar-refractivity contribution in [1.29, 1.82) is 0 Å². The van der Waals surface area contributed by atoms with Gasteiger partial charge in [-0.1, -0.05) is 28.1 Å². The summed E-state index contributed by atoms with van der Waals surface area (Å²) >= 11 is 3.40. The summed E-state index contributed by atoms with van der Waals surface area (Å²) < 4.78 is 6.63. The van der Waals surface area contributed by atoms with Crippen LogP contribution in [0.25, 0.3) is 0 Å². The van der Waals surface area contributed by atoms with Crippen molar-refractivity contribution in [1.82, 2.24) is 4.98 Å². The molecule has 1 heterocycles. The molecule has 0 spiro atoms. The van der Waals surface area contributed by atoms with Crippen LogP contribution in [0.15, 0.2) is 47.1 Å². The van der Waals surface area contributed by atoms with E-state index in [0.29, 0.717) is 5.88 Å². The zero-order chi connectivity index (χ0) is 13.0. The quantitative estimate of drug-likeness (QED) is 0.940. The molecule has 0 fully saturated rings. The van der Waals surface area contributed by atoms with E-state index in [4.69, 9.17) is 10.5 Å². The summed E-state index contributed by atoms with van der Waals surface area (Å²) in [5.74, 6) is 1.35. The zero-order valence-electron chi connectivity index (χ0n) is 10.1. The van der Waals surface area contributed by atoms with E-state index in [9.17, 15) is 0 Å². The summed E-state index contributed by atoms with van der Waals surface area (Å²) in [6.07, 6.45) is 2.63. The molecule has 0 saturated carbocycles. The van der Waals surface area contributed by atoms with E-state index >= 15 is 0 Å². The first kappa shape index (κ1) is 13.1. The summed E-state index contributed by atoms with van der Waals surface area (Å²) in [7, 11) is 0. The molecule has 0 radical (unpaired) electrons. The Morgan fingerprint density at radius 2 is 2.17 bits per heavy atom. The predicted molar refractivity (Wildman–Crippen MR) is 75.8 cm³/mol. The Hall–Kier alpha value is -1.39. The van der Waals surface area contributed by atoms with E-state index in [1.54, 1.807) is 6.20 Å². The molecule has 94 valence electrons. The van der Waals surface area contributed by atoms with Crippen molar-refractivity contribution in [2.75, 3.05) is 0 Å². The minimum atomic E-state index is 0.142. The number of ether oxygens (including phenoxy) is 1. The van der Waals surface area contributed by atoms with Crippen molar-refractivity contribution < 1.29 is 4.74 Å². The lowest BCUT2D eigenvalue weighted by atomic mass is 10.1. The van der Waals surface area contributed by atoms with E-state index < -0.39 is 0 Å². The Morgan fingerprint density at radius 1 is 1.33 bits per heavy atom. The van der Waals surface area contributed by atoms with Crippen molar-refractivity contribution in [2.45, 2.75) is 19.4 Å². The molecule has 2 aromatic rings. The smallest absolute Gasteiger partial charge is 0.219 e. The molecular formula is C14H15BrN2O. The lowest BCUT2D eigenvalue weighted by Gasteiger charge is -2.07. The largest absolute Gasteiger partial charge is 0.439 e. The lowest BCUT2D eigenvalue weighted by Crippen LogP contribution is -2.17. The van der Waals surface area contributed by atoms with E-state index in [0.717, 1.165) is 22.2 Å². The molecule has 0 saturated heterocycles. The Balaban J connectivity index is 2.06. The molecule has 1 aromatic heterocycles. The van der Waals surface area contributed by atoms with Gasteiger partial charge >= 0.3 is 0 Å². The van der Waals surface area contributed by atoms with E-state index in [2.05, 4.69) is 20.9 Å². The van der Waals surface area contributed by atoms with Crippen LogP contribution in [0.4, 0.5) is 0 Å². The fraction of sp³-hybridized carbons (Fsp3) is 0.214. The van der Waals surface area contributed by atoms with Gasteiger partial charge in [-0.15, -0.1) is 0 Å². The van der Waals surface area contributed by atoms with E-state index in [1.165, 1.54) is 0 Å². The van der Waals surface area contributed by atoms with Crippen molar-refractivity contribution in [2.24, 2.45) is 5.73 Å². The van der Waals surface area contributed by atoms with Gasteiger partial charge in [0.1, 0.15) is 5.75 Å². The minimum Gasteiger partial charge on any atom is -0.439 e. The van der Waals surface area contributed by atoms with Crippen LogP contribution in [-0.4, -0.2) is 11.0 Å². The van der Waals surface area contributed by atoms with Crippen LogP contribution >= 0.6 is 15.9 Å². The normalized spacial score (nSPS) is 12.2. The second kappa shape index (κ2) is 5.98. The second-order valence-corrected chi connectivity index (χ2v) is 5.16. The maximum atomic E-state index is 5.74. The average Bonchev–Trinajstić information content (AvgIpc) is 2.31. The molecule has 0 aliphatic rings. The topological polar surface area (TPSA) is 48.1 Å². The van der Waals surface area contributed by atoms with Crippen LogP contribution in [0.3, 0.4) is 0 Å². The number of nitrogens with two attached hydrogens (primary N) is 1. The fourth-order valence-corrected chi connectivity index (χ4v) is 1.99. The summed E-state index contributed by atoms with van der Waals surface area (Å²) in [5.41, 5.74) is 6.86.